The third kappa shape index (κ3) is 7.23. The van der Waals surface area contributed by atoms with Gasteiger partial charge in [0.2, 0.25) is 5.91 Å². The average molecular weight is 230 g/mol. The Morgan fingerprint density at radius 1 is 1.44 bits per heavy atom. The summed E-state index contributed by atoms with van der Waals surface area (Å²) in [5.74, 6) is -1.20. The van der Waals surface area contributed by atoms with E-state index >= 15 is 0 Å². The average Bonchev–Trinajstić information content (AvgIpc) is 2.23. The zero-order chi connectivity index (χ0) is 12.6. The first kappa shape index (κ1) is 14.9. The fraction of sp³-hybridized carbons (Fsp3) is 0.818. The highest BCUT2D eigenvalue weighted by Gasteiger charge is 2.10. The van der Waals surface area contributed by atoms with Gasteiger partial charge in [-0.05, 0) is 19.3 Å². The predicted octanol–water partition coefficient (Wildman–Crippen LogP) is 0.731. The molecular weight excluding hydrogens is 208 g/mol. The number of carbonyl (C=O) groups is 2. The van der Waals surface area contributed by atoms with Crippen molar-refractivity contribution in [2.45, 2.75) is 45.6 Å². The van der Waals surface area contributed by atoms with Crippen molar-refractivity contribution in [3.8, 4) is 0 Å². The molecule has 5 heteroatoms. The van der Waals surface area contributed by atoms with E-state index in [-0.39, 0.29) is 17.9 Å². The molecule has 0 bridgehead atoms. The lowest BCUT2D eigenvalue weighted by Crippen LogP contribution is -2.32. The fourth-order valence-electron chi connectivity index (χ4n) is 1.21. The first-order valence-corrected chi connectivity index (χ1v) is 5.72. The Morgan fingerprint density at radius 3 is 2.56 bits per heavy atom. The van der Waals surface area contributed by atoms with Crippen molar-refractivity contribution in [1.29, 1.82) is 0 Å². The van der Waals surface area contributed by atoms with Crippen molar-refractivity contribution in [2.24, 2.45) is 11.7 Å². The van der Waals surface area contributed by atoms with E-state index in [0.29, 0.717) is 25.8 Å². The minimum Gasteiger partial charge on any atom is -0.481 e. The van der Waals surface area contributed by atoms with Crippen LogP contribution in [0.2, 0.25) is 0 Å². The summed E-state index contributed by atoms with van der Waals surface area (Å²) < 4.78 is 0. The normalized spacial score (nSPS) is 14.2. The van der Waals surface area contributed by atoms with Crippen molar-refractivity contribution in [3.05, 3.63) is 0 Å². The van der Waals surface area contributed by atoms with Crippen LogP contribution >= 0.6 is 0 Å². The fourth-order valence-corrected chi connectivity index (χ4v) is 1.21. The molecule has 2 atom stereocenters. The van der Waals surface area contributed by atoms with E-state index in [1.807, 2.05) is 6.92 Å². The first-order chi connectivity index (χ1) is 7.47. The highest BCUT2D eigenvalue weighted by molar-refractivity contribution is 5.76. The van der Waals surface area contributed by atoms with E-state index < -0.39 is 5.97 Å². The number of carboxylic acid groups (broad SMARTS) is 1. The first-order valence-electron chi connectivity index (χ1n) is 5.72. The van der Waals surface area contributed by atoms with Gasteiger partial charge >= 0.3 is 5.97 Å². The molecule has 0 aromatic carbocycles. The van der Waals surface area contributed by atoms with Crippen LogP contribution in [0.4, 0.5) is 0 Å². The molecule has 0 rings (SSSR count). The van der Waals surface area contributed by atoms with Crippen LogP contribution in [0.1, 0.15) is 39.5 Å². The van der Waals surface area contributed by atoms with Gasteiger partial charge in [-0.15, -0.1) is 0 Å². The SMILES string of the molecule is CCC(N)CC(=O)NCCCC(C)C(=O)O. The minimum atomic E-state index is -0.792. The van der Waals surface area contributed by atoms with Gasteiger partial charge in [-0.2, -0.15) is 0 Å². The minimum absolute atomic E-state index is 0.0580. The lowest BCUT2D eigenvalue weighted by Gasteiger charge is -2.10. The number of carboxylic acids is 1. The maximum Gasteiger partial charge on any atom is 0.306 e. The Hall–Kier alpha value is -1.10. The van der Waals surface area contributed by atoms with Gasteiger partial charge in [-0.25, -0.2) is 0 Å². The number of nitrogens with one attached hydrogen (secondary N) is 1. The van der Waals surface area contributed by atoms with Crippen LogP contribution in [0.15, 0.2) is 0 Å². The van der Waals surface area contributed by atoms with E-state index in [1.165, 1.54) is 0 Å². The van der Waals surface area contributed by atoms with Crippen molar-refractivity contribution in [1.82, 2.24) is 5.32 Å². The van der Waals surface area contributed by atoms with Crippen LogP contribution in [0.25, 0.3) is 0 Å². The summed E-state index contributed by atoms with van der Waals surface area (Å²) in [5.41, 5.74) is 5.63. The van der Waals surface area contributed by atoms with Crippen LogP contribution in [-0.4, -0.2) is 29.6 Å². The molecule has 2 unspecified atom stereocenters. The van der Waals surface area contributed by atoms with Crippen LogP contribution in [-0.2, 0) is 9.59 Å². The molecule has 0 aromatic heterocycles. The van der Waals surface area contributed by atoms with E-state index in [9.17, 15) is 9.59 Å². The molecule has 16 heavy (non-hydrogen) atoms. The predicted molar refractivity (Wildman–Crippen MR) is 61.9 cm³/mol. The number of hydrogen-bond donors (Lipinski definition) is 3. The molecule has 5 nitrogen and oxygen atoms in total. The molecule has 0 saturated carbocycles. The van der Waals surface area contributed by atoms with Crippen molar-refractivity contribution >= 4 is 11.9 Å². The van der Waals surface area contributed by atoms with Crippen molar-refractivity contribution in [3.63, 3.8) is 0 Å². The molecule has 4 N–H and O–H groups in total. The third-order valence-corrected chi connectivity index (χ3v) is 2.53. The molecule has 0 aromatic rings. The second-order valence-corrected chi connectivity index (χ2v) is 4.10. The highest BCUT2D eigenvalue weighted by atomic mass is 16.4. The Labute approximate surface area is 96.4 Å². The summed E-state index contributed by atoms with van der Waals surface area (Å²) in [6.07, 6.45) is 2.38. The van der Waals surface area contributed by atoms with Gasteiger partial charge in [-0.3, -0.25) is 9.59 Å². The summed E-state index contributed by atoms with van der Waals surface area (Å²) in [7, 11) is 0. The standard InChI is InChI=1S/C11H22N2O3/c1-3-9(12)7-10(14)13-6-4-5-8(2)11(15)16/h8-9H,3-7,12H2,1-2H3,(H,13,14)(H,15,16). The highest BCUT2D eigenvalue weighted by Crippen LogP contribution is 2.04. The zero-order valence-corrected chi connectivity index (χ0v) is 10.0. The van der Waals surface area contributed by atoms with E-state index in [4.69, 9.17) is 10.8 Å². The Bertz CT molecular complexity index is 231. The molecule has 0 aliphatic heterocycles. The van der Waals surface area contributed by atoms with Gasteiger partial charge in [-0.1, -0.05) is 13.8 Å². The topological polar surface area (TPSA) is 92.4 Å². The van der Waals surface area contributed by atoms with Gasteiger partial charge in [0.15, 0.2) is 0 Å². The Kier molecular flexibility index (Phi) is 7.54. The van der Waals surface area contributed by atoms with E-state index in [1.54, 1.807) is 6.92 Å². The summed E-state index contributed by atoms with van der Waals surface area (Å²) >= 11 is 0. The molecule has 1 amide bonds. The summed E-state index contributed by atoms with van der Waals surface area (Å²) in [6, 6.07) is -0.0852. The van der Waals surface area contributed by atoms with Gasteiger partial charge < -0.3 is 16.2 Å². The molecule has 0 radical (unpaired) electrons. The largest absolute Gasteiger partial charge is 0.481 e. The molecule has 0 spiro atoms. The molecule has 0 aliphatic rings. The summed E-state index contributed by atoms with van der Waals surface area (Å²) in [5, 5.41) is 11.4. The lowest BCUT2D eigenvalue weighted by atomic mass is 10.1. The summed E-state index contributed by atoms with van der Waals surface area (Å²) in [4.78, 5) is 21.8. The monoisotopic (exact) mass is 230 g/mol. The number of carbonyl (C=O) groups excluding carboxylic acids is 1. The Morgan fingerprint density at radius 2 is 2.06 bits per heavy atom. The van der Waals surface area contributed by atoms with E-state index in [0.717, 1.165) is 6.42 Å². The van der Waals surface area contributed by atoms with Crippen molar-refractivity contribution in [2.75, 3.05) is 6.54 Å². The lowest BCUT2D eigenvalue weighted by molar-refractivity contribution is -0.141. The van der Waals surface area contributed by atoms with Gasteiger partial charge in [0.1, 0.15) is 0 Å². The second kappa shape index (κ2) is 8.10. The Balaban J connectivity index is 3.52. The second-order valence-electron chi connectivity index (χ2n) is 4.10. The summed E-state index contributed by atoms with van der Waals surface area (Å²) in [6.45, 7) is 4.12. The number of rotatable bonds is 8. The molecule has 0 saturated heterocycles. The van der Waals surface area contributed by atoms with Crippen LogP contribution in [0.3, 0.4) is 0 Å². The third-order valence-electron chi connectivity index (χ3n) is 2.53. The molecular formula is C11H22N2O3. The maximum atomic E-state index is 11.3. The molecule has 0 aliphatic carbocycles. The van der Waals surface area contributed by atoms with Crippen LogP contribution in [0.5, 0.6) is 0 Å². The smallest absolute Gasteiger partial charge is 0.306 e. The number of nitrogens with two attached hydrogens (primary N) is 1. The van der Waals surface area contributed by atoms with Gasteiger partial charge in [0.05, 0.1) is 5.92 Å². The zero-order valence-electron chi connectivity index (χ0n) is 10.0. The van der Waals surface area contributed by atoms with Crippen molar-refractivity contribution < 1.29 is 14.7 Å². The van der Waals surface area contributed by atoms with E-state index in [2.05, 4.69) is 5.32 Å². The number of hydrogen-bond acceptors (Lipinski definition) is 3. The number of aliphatic carboxylic acids is 1. The quantitative estimate of drug-likeness (QED) is 0.536. The van der Waals surface area contributed by atoms with Gasteiger partial charge in [0.25, 0.3) is 0 Å². The van der Waals surface area contributed by atoms with Gasteiger partial charge in [0, 0.05) is 19.0 Å². The molecule has 0 fully saturated rings. The number of amides is 1. The molecule has 94 valence electrons. The van der Waals surface area contributed by atoms with Crippen LogP contribution < -0.4 is 11.1 Å². The maximum absolute atomic E-state index is 11.3. The molecule has 0 heterocycles. The van der Waals surface area contributed by atoms with Crippen LogP contribution in [0, 0.1) is 5.92 Å².